The van der Waals surface area contributed by atoms with Crippen molar-refractivity contribution in [2.45, 2.75) is 0 Å². The first-order valence-electron chi connectivity index (χ1n) is 4.89. The van der Waals surface area contributed by atoms with Crippen LogP contribution in [0.5, 0.6) is 5.75 Å². The number of hydrogen-bond donors (Lipinski definition) is 3. The normalized spacial score (nSPS) is 10.2. The van der Waals surface area contributed by atoms with Gasteiger partial charge in [-0.15, -0.1) is 0 Å². The molecule has 0 bridgehead atoms. The zero-order valence-electron chi connectivity index (χ0n) is 8.95. The van der Waals surface area contributed by atoms with Crippen LogP contribution in [-0.2, 0) is 0 Å². The lowest BCUT2D eigenvalue weighted by molar-refractivity contribution is 0.0660. The molecule has 1 heterocycles. The first-order chi connectivity index (χ1) is 8.49. The van der Waals surface area contributed by atoms with E-state index in [1.165, 1.54) is 30.3 Å². The molecule has 92 valence electrons. The fraction of sp³-hybridized carbons (Fsp3) is 0. The number of aromatic carboxylic acids is 2. The van der Waals surface area contributed by atoms with Crippen LogP contribution < -0.4 is 0 Å². The minimum absolute atomic E-state index is 0.230. The first kappa shape index (κ1) is 11.7. The van der Waals surface area contributed by atoms with Gasteiger partial charge in [-0.25, -0.2) is 9.59 Å². The molecule has 0 saturated heterocycles. The van der Waals surface area contributed by atoms with Gasteiger partial charge in [0.2, 0.25) is 5.76 Å². The van der Waals surface area contributed by atoms with Gasteiger partial charge in [0.1, 0.15) is 17.1 Å². The Morgan fingerprint density at radius 3 is 2.22 bits per heavy atom. The zero-order valence-corrected chi connectivity index (χ0v) is 8.95. The van der Waals surface area contributed by atoms with Gasteiger partial charge in [-0.1, -0.05) is 6.07 Å². The van der Waals surface area contributed by atoms with Crippen molar-refractivity contribution in [1.82, 2.24) is 0 Å². The van der Waals surface area contributed by atoms with Crippen LogP contribution in [0, 0.1) is 0 Å². The first-order valence-corrected chi connectivity index (χ1v) is 4.89. The number of benzene rings is 1. The Hall–Kier alpha value is -2.76. The van der Waals surface area contributed by atoms with E-state index in [-0.39, 0.29) is 17.1 Å². The van der Waals surface area contributed by atoms with Crippen LogP contribution in [0.3, 0.4) is 0 Å². The SMILES string of the molecule is O=C(O)c1ccc(-c2ccc(C(=O)O)c(O)c2)o1. The molecule has 18 heavy (non-hydrogen) atoms. The number of carboxylic acids is 2. The molecule has 6 nitrogen and oxygen atoms in total. The van der Waals surface area contributed by atoms with Gasteiger partial charge >= 0.3 is 11.9 Å². The van der Waals surface area contributed by atoms with Crippen molar-refractivity contribution in [2.75, 3.05) is 0 Å². The number of furan rings is 1. The molecule has 0 unspecified atom stereocenters. The molecule has 1 aromatic carbocycles. The maximum absolute atomic E-state index is 10.7. The second-order valence-corrected chi connectivity index (χ2v) is 3.51. The van der Waals surface area contributed by atoms with Crippen molar-refractivity contribution < 1.29 is 29.3 Å². The average molecular weight is 248 g/mol. The predicted octanol–water partition coefficient (Wildman–Crippen LogP) is 2.05. The Bertz CT molecular complexity index is 625. The van der Waals surface area contributed by atoms with Crippen LogP contribution in [0.4, 0.5) is 0 Å². The summed E-state index contributed by atoms with van der Waals surface area (Å²) in [5, 5.41) is 26.9. The maximum Gasteiger partial charge on any atom is 0.371 e. The van der Waals surface area contributed by atoms with Crippen molar-refractivity contribution in [1.29, 1.82) is 0 Å². The highest BCUT2D eigenvalue weighted by molar-refractivity contribution is 5.91. The van der Waals surface area contributed by atoms with Crippen LogP contribution in [0.25, 0.3) is 11.3 Å². The molecule has 2 aromatic rings. The molecule has 0 aliphatic carbocycles. The number of phenols is 1. The summed E-state index contributed by atoms with van der Waals surface area (Å²) in [5.41, 5.74) is 0.161. The molecule has 0 radical (unpaired) electrons. The number of rotatable bonds is 3. The summed E-state index contributed by atoms with van der Waals surface area (Å²) in [5.74, 6) is -2.85. The number of hydrogen-bond acceptors (Lipinski definition) is 4. The summed E-state index contributed by atoms with van der Waals surface area (Å²) in [6.45, 7) is 0. The number of carbonyl (C=O) groups is 2. The largest absolute Gasteiger partial charge is 0.507 e. The molecule has 0 aliphatic rings. The molecule has 6 heteroatoms. The molecular weight excluding hydrogens is 240 g/mol. The van der Waals surface area contributed by atoms with E-state index in [1.807, 2.05) is 0 Å². The van der Waals surface area contributed by atoms with E-state index in [0.717, 1.165) is 0 Å². The second kappa shape index (κ2) is 4.25. The molecular formula is C12H8O6. The van der Waals surface area contributed by atoms with Crippen molar-refractivity contribution in [3.63, 3.8) is 0 Å². The third kappa shape index (κ3) is 2.03. The average Bonchev–Trinajstić information content (AvgIpc) is 2.77. The number of carboxylic acid groups (broad SMARTS) is 2. The Labute approximate surface area is 101 Å². The fourth-order valence-corrected chi connectivity index (χ4v) is 1.47. The van der Waals surface area contributed by atoms with Crippen molar-refractivity contribution in [2.24, 2.45) is 0 Å². The Balaban J connectivity index is 2.42. The summed E-state index contributed by atoms with van der Waals surface area (Å²) in [4.78, 5) is 21.3. The van der Waals surface area contributed by atoms with Crippen LogP contribution >= 0.6 is 0 Å². The highest BCUT2D eigenvalue weighted by Gasteiger charge is 2.14. The van der Waals surface area contributed by atoms with Gasteiger partial charge in [0.05, 0.1) is 0 Å². The second-order valence-electron chi connectivity index (χ2n) is 3.51. The van der Waals surface area contributed by atoms with Crippen molar-refractivity contribution in [3.05, 3.63) is 41.7 Å². The van der Waals surface area contributed by atoms with E-state index in [2.05, 4.69) is 0 Å². The van der Waals surface area contributed by atoms with Crippen LogP contribution in [0.2, 0.25) is 0 Å². The molecule has 0 atom stereocenters. The van der Waals surface area contributed by atoms with Gasteiger partial charge in [-0.05, 0) is 24.3 Å². The van der Waals surface area contributed by atoms with E-state index in [4.69, 9.17) is 14.6 Å². The molecule has 0 fully saturated rings. The topological polar surface area (TPSA) is 108 Å². The van der Waals surface area contributed by atoms with E-state index in [0.29, 0.717) is 5.56 Å². The van der Waals surface area contributed by atoms with Gasteiger partial charge in [-0.3, -0.25) is 0 Å². The van der Waals surface area contributed by atoms with Crippen molar-refractivity contribution in [3.8, 4) is 17.1 Å². The quantitative estimate of drug-likeness (QED) is 0.767. The maximum atomic E-state index is 10.7. The van der Waals surface area contributed by atoms with Gasteiger partial charge in [-0.2, -0.15) is 0 Å². The molecule has 0 aliphatic heterocycles. The van der Waals surface area contributed by atoms with E-state index in [9.17, 15) is 14.7 Å². The lowest BCUT2D eigenvalue weighted by atomic mass is 10.1. The predicted molar refractivity (Wildman–Crippen MR) is 59.7 cm³/mol. The highest BCUT2D eigenvalue weighted by Crippen LogP contribution is 2.28. The van der Waals surface area contributed by atoms with Crippen LogP contribution in [0.15, 0.2) is 34.7 Å². The van der Waals surface area contributed by atoms with E-state index < -0.39 is 17.7 Å². The summed E-state index contributed by atoms with van der Waals surface area (Å²) >= 11 is 0. The molecule has 2 rings (SSSR count). The van der Waals surface area contributed by atoms with Gasteiger partial charge in [0, 0.05) is 5.56 Å². The third-order valence-electron chi connectivity index (χ3n) is 2.33. The molecule has 0 saturated carbocycles. The summed E-state index contributed by atoms with van der Waals surface area (Å²) in [6, 6.07) is 6.55. The summed E-state index contributed by atoms with van der Waals surface area (Å²) < 4.78 is 5.03. The molecule has 3 N–H and O–H groups in total. The summed E-state index contributed by atoms with van der Waals surface area (Å²) in [6.07, 6.45) is 0. The molecule has 0 amide bonds. The third-order valence-corrected chi connectivity index (χ3v) is 2.33. The summed E-state index contributed by atoms with van der Waals surface area (Å²) in [7, 11) is 0. The highest BCUT2D eigenvalue weighted by atomic mass is 16.4. The Kier molecular flexibility index (Phi) is 2.77. The monoisotopic (exact) mass is 248 g/mol. The van der Waals surface area contributed by atoms with Crippen LogP contribution in [0.1, 0.15) is 20.9 Å². The van der Waals surface area contributed by atoms with E-state index >= 15 is 0 Å². The smallest absolute Gasteiger partial charge is 0.371 e. The van der Waals surface area contributed by atoms with Gasteiger partial charge < -0.3 is 19.7 Å². The Morgan fingerprint density at radius 2 is 1.72 bits per heavy atom. The minimum atomic E-state index is -1.25. The van der Waals surface area contributed by atoms with Gasteiger partial charge in [0.25, 0.3) is 0 Å². The Morgan fingerprint density at radius 1 is 1.00 bits per heavy atom. The minimum Gasteiger partial charge on any atom is -0.507 e. The van der Waals surface area contributed by atoms with Gasteiger partial charge in [0.15, 0.2) is 0 Å². The number of aromatic hydroxyl groups is 1. The van der Waals surface area contributed by atoms with Crippen LogP contribution in [-0.4, -0.2) is 27.3 Å². The zero-order chi connectivity index (χ0) is 13.3. The molecule has 0 spiro atoms. The van der Waals surface area contributed by atoms with Crippen molar-refractivity contribution >= 4 is 11.9 Å². The standard InChI is InChI=1S/C12H8O6/c13-8-5-6(1-2-7(8)11(14)15)9-3-4-10(18-9)12(16)17/h1-5,13H,(H,14,15)(H,16,17). The fourth-order valence-electron chi connectivity index (χ4n) is 1.47. The van der Waals surface area contributed by atoms with E-state index in [1.54, 1.807) is 0 Å². The lowest BCUT2D eigenvalue weighted by Gasteiger charge is -2.01. The molecule has 1 aromatic heterocycles. The lowest BCUT2D eigenvalue weighted by Crippen LogP contribution is -1.96.